The van der Waals surface area contributed by atoms with Crippen molar-refractivity contribution in [2.75, 3.05) is 11.9 Å². The van der Waals surface area contributed by atoms with Gasteiger partial charge in [0.15, 0.2) is 0 Å². The summed E-state index contributed by atoms with van der Waals surface area (Å²) in [5.41, 5.74) is 0.242. The molecule has 0 saturated carbocycles. The third-order valence-electron chi connectivity index (χ3n) is 2.68. The highest BCUT2D eigenvalue weighted by molar-refractivity contribution is 9.10. The summed E-state index contributed by atoms with van der Waals surface area (Å²) >= 11 is 3.22. The van der Waals surface area contributed by atoms with E-state index in [1.807, 2.05) is 0 Å². The van der Waals surface area contributed by atoms with Crippen LogP contribution < -0.4 is 10.6 Å². The Morgan fingerprint density at radius 2 is 2.19 bits per heavy atom. The van der Waals surface area contributed by atoms with Crippen LogP contribution in [0.5, 0.6) is 0 Å². The van der Waals surface area contributed by atoms with Gasteiger partial charge >= 0.3 is 12.0 Å². The Balaban J connectivity index is 1.95. The number of aromatic nitrogens is 2. The number of amides is 2. The lowest BCUT2D eigenvalue weighted by molar-refractivity contribution is 0.0698. The number of carbonyl (C=O) groups is 2. The Morgan fingerprint density at radius 1 is 1.38 bits per heavy atom. The average Bonchev–Trinajstić information content (AvgIpc) is 2.94. The average molecular weight is 353 g/mol. The fourth-order valence-corrected chi connectivity index (χ4v) is 2.18. The zero-order valence-electron chi connectivity index (χ0n) is 10.9. The van der Waals surface area contributed by atoms with Gasteiger partial charge in [-0.25, -0.2) is 14.6 Å². The number of carboxylic acid groups (broad SMARTS) is 1. The Morgan fingerprint density at radius 3 is 2.86 bits per heavy atom. The molecule has 2 rings (SSSR count). The number of para-hydroxylation sites is 1. The van der Waals surface area contributed by atoms with E-state index in [2.05, 4.69) is 36.5 Å². The minimum atomic E-state index is -1.11. The first-order valence-corrected chi connectivity index (χ1v) is 6.92. The number of carbonyl (C=O) groups excluding carboxylic acids is 1. The van der Waals surface area contributed by atoms with Gasteiger partial charge in [-0.2, -0.15) is 0 Å². The van der Waals surface area contributed by atoms with E-state index in [0.29, 0.717) is 17.4 Å². The lowest BCUT2D eigenvalue weighted by atomic mass is 10.2. The summed E-state index contributed by atoms with van der Waals surface area (Å²) in [5, 5.41) is 14.3. The predicted molar refractivity (Wildman–Crippen MR) is 80.4 cm³/mol. The molecule has 8 heteroatoms. The summed E-state index contributed by atoms with van der Waals surface area (Å²) in [6, 6.07) is 4.19. The molecule has 4 N–H and O–H groups in total. The number of rotatable bonds is 5. The highest BCUT2D eigenvalue weighted by atomic mass is 79.9. The standard InChI is InChI=1S/C13H13BrN4O3/c14-9-3-1-2-8(12(19)20)11(9)18-13(21)17-5-4-10-15-6-7-16-10/h1-3,6-7H,4-5H2,(H,15,16)(H,19,20)(H2,17,18,21). The molecule has 7 nitrogen and oxygen atoms in total. The molecule has 21 heavy (non-hydrogen) atoms. The molecule has 0 aliphatic carbocycles. The quantitative estimate of drug-likeness (QED) is 0.661. The number of imidazole rings is 1. The number of hydrogen-bond donors (Lipinski definition) is 4. The maximum atomic E-state index is 11.8. The molecule has 0 aliphatic heterocycles. The maximum absolute atomic E-state index is 11.8. The van der Waals surface area contributed by atoms with Crippen molar-refractivity contribution in [2.45, 2.75) is 6.42 Å². The zero-order chi connectivity index (χ0) is 15.2. The van der Waals surface area contributed by atoms with E-state index < -0.39 is 12.0 Å². The summed E-state index contributed by atoms with van der Waals surface area (Å²) in [4.78, 5) is 29.9. The smallest absolute Gasteiger partial charge is 0.337 e. The largest absolute Gasteiger partial charge is 0.478 e. The molecule has 110 valence electrons. The number of aromatic amines is 1. The van der Waals surface area contributed by atoms with E-state index in [1.165, 1.54) is 6.07 Å². The molecular weight excluding hydrogens is 340 g/mol. The molecule has 1 heterocycles. The Hall–Kier alpha value is -2.35. The van der Waals surface area contributed by atoms with Crippen molar-refractivity contribution >= 4 is 33.6 Å². The summed E-state index contributed by atoms with van der Waals surface area (Å²) in [6.45, 7) is 0.381. The normalized spacial score (nSPS) is 10.1. The van der Waals surface area contributed by atoms with Crippen LogP contribution in [0.1, 0.15) is 16.2 Å². The number of hydrogen-bond acceptors (Lipinski definition) is 3. The van der Waals surface area contributed by atoms with Crippen molar-refractivity contribution in [2.24, 2.45) is 0 Å². The van der Waals surface area contributed by atoms with Crippen molar-refractivity contribution in [3.63, 3.8) is 0 Å². The molecule has 0 atom stereocenters. The monoisotopic (exact) mass is 352 g/mol. The first-order chi connectivity index (χ1) is 10.1. The van der Waals surface area contributed by atoms with Gasteiger partial charge in [0.05, 0.1) is 11.3 Å². The lowest BCUT2D eigenvalue weighted by Crippen LogP contribution is -2.31. The second-order valence-corrected chi connectivity index (χ2v) is 4.99. The first kappa shape index (κ1) is 15.0. The topological polar surface area (TPSA) is 107 Å². The van der Waals surface area contributed by atoms with Crippen LogP contribution >= 0.6 is 15.9 Å². The fourth-order valence-electron chi connectivity index (χ4n) is 1.72. The van der Waals surface area contributed by atoms with E-state index in [-0.39, 0.29) is 11.3 Å². The molecule has 0 fully saturated rings. The minimum Gasteiger partial charge on any atom is -0.478 e. The van der Waals surface area contributed by atoms with Crippen LogP contribution in [-0.4, -0.2) is 33.6 Å². The number of nitrogens with one attached hydrogen (secondary N) is 3. The number of halogens is 1. The second kappa shape index (κ2) is 6.89. The van der Waals surface area contributed by atoms with E-state index >= 15 is 0 Å². The number of anilines is 1. The summed E-state index contributed by atoms with van der Waals surface area (Å²) < 4.78 is 0.503. The van der Waals surface area contributed by atoms with Crippen LogP contribution in [0.25, 0.3) is 0 Å². The van der Waals surface area contributed by atoms with Crippen LogP contribution in [0.3, 0.4) is 0 Å². The molecule has 0 unspecified atom stereocenters. The third-order valence-corrected chi connectivity index (χ3v) is 3.35. The zero-order valence-corrected chi connectivity index (χ0v) is 12.5. The van der Waals surface area contributed by atoms with Crippen LogP contribution in [0, 0.1) is 0 Å². The van der Waals surface area contributed by atoms with Crippen LogP contribution in [0.15, 0.2) is 35.1 Å². The Labute approximate surface area is 128 Å². The van der Waals surface area contributed by atoms with Gasteiger partial charge in [-0.15, -0.1) is 0 Å². The molecular formula is C13H13BrN4O3. The molecule has 0 aliphatic rings. The van der Waals surface area contributed by atoms with Crippen LogP contribution in [-0.2, 0) is 6.42 Å². The fraction of sp³-hybridized carbons (Fsp3) is 0.154. The molecule has 0 radical (unpaired) electrons. The van der Waals surface area contributed by atoms with Gasteiger partial charge in [-0.3, -0.25) is 0 Å². The second-order valence-electron chi connectivity index (χ2n) is 4.13. The van der Waals surface area contributed by atoms with Gasteiger partial charge in [0.1, 0.15) is 5.82 Å². The number of H-pyrrole nitrogens is 1. The molecule has 2 amide bonds. The Kier molecular flexibility index (Phi) is 4.94. The van der Waals surface area contributed by atoms with Gasteiger partial charge in [0.25, 0.3) is 0 Å². The van der Waals surface area contributed by atoms with Crippen molar-refractivity contribution < 1.29 is 14.7 Å². The van der Waals surface area contributed by atoms with Gasteiger partial charge in [0.2, 0.25) is 0 Å². The molecule has 0 saturated heterocycles. The van der Waals surface area contributed by atoms with Crippen molar-refractivity contribution in [3.8, 4) is 0 Å². The molecule has 1 aromatic heterocycles. The number of benzene rings is 1. The van der Waals surface area contributed by atoms with Crippen molar-refractivity contribution in [1.82, 2.24) is 15.3 Å². The van der Waals surface area contributed by atoms with Crippen molar-refractivity contribution in [1.29, 1.82) is 0 Å². The van der Waals surface area contributed by atoms with Gasteiger partial charge in [-0.05, 0) is 28.1 Å². The van der Waals surface area contributed by atoms with Crippen molar-refractivity contribution in [3.05, 3.63) is 46.5 Å². The minimum absolute atomic E-state index is 0.0190. The summed E-state index contributed by atoms with van der Waals surface area (Å²) in [6.07, 6.45) is 3.90. The van der Waals surface area contributed by atoms with Crippen LogP contribution in [0.4, 0.5) is 10.5 Å². The summed E-state index contributed by atoms with van der Waals surface area (Å²) in [7, 11) is 0. The highest BCUT2D eigenvalue weighted by Crippen LogP contribution is 2.26. The Bertz CT molecular complexity index is 643. The third kappa shape index (κ3) is 4.06. The SMILES string of the molecule is O=C(NCCc1ncc[nH]1)Nc1c(Br)cccc1C(=O)O. The van der Waals surface area contributed by atoms with Gasteiger partial charge in [0, 0.05) is 29.8 Å². The van der Waals surface area contributed by atoms with E-state index in [4.69, 9.17) is 5.11 Å². The number of nitrogens with zero attached hydrogens (tertiary/aromatic N) is 1. The number of aromatic carboxylic acids is 1. The molecule has 2 aromatic rings. The highest BCUT2D eigenvalue weighted by Gasteiger charge is 2.14. The summed E-state index contributed by atoms with van der Waals surface area (Å²) in [5.74, 6) is -0.343. The van der Waals surface area contributed by atoms with E-state index in [9.17, 15) is 9.59 Å². The first-order valence-electron chi connectivity index (χ1n) is 6.13. The molecule has 0 spiro atoms. The van der Waals surface area contributed by atoms with Gasteiger partial charge in [-0.1, -0.05) is 6.07 Å². The number of urea groups is 1. The molecule has 0 bridgehead atoms. The maximum Gasteiger partial charge on any atom is 0.337 e. The predicted octanol–water partition coefficient (Wildman–Crippen LogP) is 2.23. The van der Waals surface area contributed by atoms with Gasteiger partial charge < -0.3 is 20.7 Å². The lowest BCUT2D eigenvalue weighted by Gasteiger charge is -2.11. The number of carboxylic acids is 1. The van der Waals surface area contributed by atoms with E-state index in [0.717, 1.165) is 5.82 Å². The van der Waals surface area contributed by atoms with Crippen LogP contribution in [0.2, 0.25) is 0 Å². The van der Waals surface area contributed by atoms with E-state index in [1.54, 1.807) is 24.5 Å². The molecule has 1 aromatic carbocycles.